The SMILES string of the molecule is C[C@H](C[C@H]1C=C[C@@](C)(O)C1)[C@H]1CCC2C(O)CCC[C@]21C. The predicted molar refractivity (Wildman–Crippen MR) is 85.8 cm³/mol. The Balaban J connectivity index is 1.65. The molecule has 3 aliphatic rings. The molecule has 2 fully saturated rings. The molecule has 2 nitrogen and oxygen atoms in total. The van der Waals surface area contributed by atoms with Crippen LogP contribution in [0.5, 0.6) is 0 Å². The smallest absolute Gasteiger partial charge is 0.0805 e. The second kappa shape index (κ2) is 5.38. The van der Waals surface area contributed by atoms with E-state index in [2.05, 4.69) is 19.9 Å². The maximum atomic E-state index is 10.4. The molecule has 0 spiro atoms. The topological polar surface area (TPSA) is 40.5 Å². The van der Waals surface area contributed by atoms with Crippen LogP contribution in [0.25, 0.3) is 0 Å². The van der Waals surface area contributed by atoms with Gasteiger partial charge < -0.3 is 10.2 Å². The molecule has 2 saturated carbocycles. The molecular weight excluding hydrogens is 260 g/mol. The fourth-order valence-electron chi connectivity index (χ4n) is 5.94. The third-order valence-corrected chi connectivity index (χ3v) is 6.93. The fraction of sp³-hybridized carbons (Fsp3) is 0.895. The molecule has 3 rings (SSSR count). The molecule has 21 heavy (non-hydrogen) atoms. The Morgan fingerprint density at radius 2 is 2.00 bits per heavy atom. The molecule has 0 saturated heterocycles. The largest absolute Gasteiger partial charge is 0.393 e. The minimum atomic E-state index is -0.590. The number of allylic oxidation sites excluding steroid dienone is 1. The lowest BCUT2D eigenvalue weighted by molar-refractivity contribution is -0.0289. The number of fused-ring (bicyclic) bond motifs is 1. The quantitative estimate of drug-likeness (QED) is 0.774. The Bertz CT molecular complexity index is 414. The van der Waals surface area contributed by atoms with Gasteiger partial charge in [-0.05, 0) is 74.5 Å². The number of rotatable bonds is 3. The highest BCUT2D eigenvalue weighted by Crippen LogP contribution is 2.58. The molecule has 3 aliphatic carbocycles. The highest BCUT2D eigenvalue weighted by atomic mass is 16.3. The van der Waals surface area contributed by atoms with Crippen LogP contribution in [0.4, 0.5) is 0 Å². The molecule has 0 bridgehead atoms. The summed E-state index contributed by atoms with van der Waals surface area (Å²) in [6, 6.07) is 0. The van der Waals surface area contributed by atoms with E-state index in [0.29, 0.717) is 23.2 Å². The molecule has 7 atom stereocenters. The Morgan fingerprint density at radius 1 is 1.24 bits per heavy atom. The Hall–Kier alpha value is -0.340. The maximum absolute atomic E-state index is 10.4. The van der Waals surface area contributed by atoms with Gasteiger partial charge in [0.1, 0.15) is 0 Å². The van der Waals surface area contributed by atoms with Crippen LogP contribution in [0.1, 0.15) is 65.7 Å². The summed E-state index contributed by atoms with van der Waals surface area (Å²) in [5.74, 6) is 2.50. The fourth-order valence-corrected chi connectivity index (χ4v) is 5.94. The van der Waals surface area contributed by atoms with Gasteiger partial charge in [-0.15, -0.1) is 0 Å². The molecule has 0 aromatic carbocycles. The average Bonchev–Trinajstić information content (AvgIpc) is 2.90. The number of hydrogen-bond acceptors (Lipinski definition) is 2. The van der Waals surface area contributed by atoms with Crippen LogP contribution < -0.4 is 0 Å². The first-order chi connectivity index (χ1) is 9.82. The van der Waals surface area contributed by atoms with Crippen molar-refractivity contribution >= 4 is 0 Å². The Morgan fingerprint density at radius 3 is 2.67 bits per heavy atom. The molecule has 0 aromatic heterocycles. The molecule has 2 unspecified atom stereocenters. The molecular formula is C19H32O2. The number of aliphatic hydroxyl groups is 2. The van der Waals surface area contributed by atoms with E-state index in [1.165, 1.54) is 32.1 Å². The van der Waals surface area contributed by atoms with Gasteiger partial charge >= 0.3 is 0 Å². The maximum Gasteiger partial charge on any atom is 0.0805 e. The van der Waals surface area contributed by atoms with Gasteiger partial charge in [-0.3, -0.25) is 0 Å². The first kappa shape index (κ1) is 15.6. The van der Waals surface area contributed by atoms with Crippen molar-refractivity contribution in [3.8, 4) is 0 Å². The summed E-state index contributed by atoms with van der Waals surface area (Å²) < 4.78 is 0. The van der Waals surface area contributed by atoms with Gasteiger partial charge in [0.15, 0.2) is 0 Å². The molecule has 0 heterocycles. The predicted octanol–water partition coefficient (Wildman–Crippen LogP) is 3.92. The van der Waals surface area contributed by atoms with Crippen LogP contribution in [0.2, 0.25) is 0 Å². The average molecular weight is 292 g/mol. The van der Waals surface area contributed by atoms with E-state index in [0.717, 1.165) is 18.8 Å². The second-order valence-electron chi connectivity index (χ2n) is 8.65. The van der Waals surface area contributed by atoms with Gasteiger partial charge in [0.25, 0.3) is 0 Å². The lowest BCUT2D eigenvalue weighted by Crippen LogP contribution is -2.41. The minimum Gasteiger partial charge on any atom is -0.393 e. The summed E-state index contributed by atoms with van der Waals surface area (Å²) in [7, 11) is 0. The van der Waals surface area contributed by atoms with Crippen molar-refractivity contribution < 1.29 is 10.2 Å². The zero-order chi connectivity index (χ0) is 15.3. The van der Waals surface area contributed by atoms with Gasteiger partial charge in [0, 0.05) is 0 Å². The van der Waals surface area contributed by atoms with Gasteiger partial charge in [-0.1, -0.05) is 32.4 Å². The van der Waals surface area contributed by atoms with E-state index in [4.69, 9.17) is 0 Å². The Labute approximate surface area is 129 Å². The zero-order valence-corrected chi connectivity index (χ0v) is 13.9. The first-order valence-electron chi connectivity index (χ1n) is 8.92. The molecule has 0 aliphatic heterocycles. The van der Waals surface area contributed by atoms with E-state index < -0.39 is 5.60 Å². The van der Waals surface area contributed by atoms with E-state index in [1.54, 1.807) is 0 Å². The van der Waals surface area contributed by atoms with Crippen molar-refractivity contribution in [2.75, 3.05) is 0 Å². The lowest BCUT2D eigenvalue weighted by Gasteiger charge is -2.45. The van der Waals surface area contributed by atoms with Gasteiger partial charge in [0.05, 0.1) is 11.7 Å². The summed E-state index contributed by atoms with van der Waals surface area (Å²) >= 11 is 0. The normalized spacial score (nSPS) is 51.1. The minimum absolute atomic E-state index is 0.0620. The standard InChI is InChI=1S/C19H32O2/c1-13(11-14-8-10-18(2,21)12-14)15-6-7-16-17(20)5-4-9-19(15,16)3/h8,10,13-17,20-21H,4-7,9,11-12H2,1-3H3/t13-,14-,15-,16?,17?,18-,19+/m1/s1. The van der Waals surface area contributed by atoms with Crippen molar-refractivity contribution in [2.24, 2.45) is 29.1 Å². The van der Waals surface area contributed by atoms with Crippen molar-refractivity contribution in [3.63, 3.8) is 0 Å². The molecule has 0 amide bonds. The first-order valence-corrected chi connectivity index (χ1v) is 8.92. The summed E-state index contributed by atoms with van der Waals surface area (Å²) in [5, 5.41) is 20.4. The van der Waals surface area contributed by atoms with Crippen LogP contribution in [0.3, 0.4) is 0 Å². The van der Waals surface area contributed by atoms with Crippen LogP contribution in [-0.2, 0) is 0 Å². The second-order valence-corrected chi connectivity index (χ2v) is 8.65. The number of aliphatic hydroxyl groups excluding tert-OH is 1. The zero-order valence-electron chi connectivity index (χ0n) is 13.9. The van der Waals surface area contributed by atoms with Gasteiger partial charge in [-0.2, -0.15) is 0 Å². The van der Waals surface area contributed by atoms with Crippen LogP contribution >= 0.6 is 0 Å². The number of hydrogen-bond donors (Lipinski definition) is 2. The summed E-state index contributed by atoms with van der Waals surface area (Å²) in [6.45, 7) is 6.76. The monoisotopic (exact) mass is 292 g/mol. The van der Waals surface area contributed by atoms with Gasteiger partial charge in [0.2, 0.25) is 0 Å². The highest BCUT2D eigenvalue weighted by molar-refractivity contribution is 5.11. The molecule has 120 valence electrons. The van der Waals surface area contributed by atoms with Crippen LogP contribution in [0.15, 0.2) is 12.2 Å². The third kappa shape index (κ3) is 2.82. The van der Waals surface area contributed by atoms with E-state index >= 15 is 0 Å². The van der Waals surface area contributed by atoms with E-state index in [1.807, 2.05) is 13.0 Å². The van der Waals surface area contributed by atoms with Crippen molar-refractivity contribution in [1.29, 1.82) is 0 Å². The van der Waals surface area contributed by atoms with E-state index in [9.17, 15) is 10.2 Å². The summed E-state index contributed by atoms with van der Waals surface area (Å²) in [6.07, 6.45) is 12.2. The van der Waals surface area contributed by atoms with Crippen molar-refractivity contribution in [2.45, 2.75) is 77.4 Å². The van der Waals surface area contributed by atoms with Gasteiger partial charge in [-0.25, -0.2) is 0 Å². The third-order valence-electron chi connectivity index (χ3n) is 6.93. The van der Waals surface area contributed by atoms with E-state index in [-0.39, 0.29) is 6.10 Å². The summed E-state index contributed by atoms with van der Waals surface area (Å²) in [5.41, 5.74) is -0.241. The summed E-state index contributed by atoms with van der Waals surface area (Å²) in [4.78, 5) is 0. The van der Waals surface area contributed by atoms with Crippen molar-refractivity contribution in [1.82, 2.24) is 0 Å². The van der Waals surface area contributed by atoms with Crippen LogP contribution in [0, 0.1) is 29.1 Å². The van der Waals surface area contributed by atoms with Crippen molar-refractivity contribution in [3.05, 3.63) is 12.2 Å². The highest BCUT2D eigenvalue weighted by Gasteiger charge is 2.52. The molecule has 0 aromatic rings. The molecule has 0 radical (unpaired) electrons. The lowest BCUT2D eigenvalue weighted by atomic mass is 9.61. The Kier molecular flexibility index (Phi) is 3.99. The molecule has 2 heteroatoms. The molecule has 2 N–H and O–H groups in total. The van der Waals surface area contributed by atoms with Crippen LogP contribution in [-0.4, -0.2) is 21.9 Å².